The number of fused-ring (bicyclic) bond motifs is 4. The van der Waals surface area contributed by atoms with Crippen LogP contribution in [-0.4, -0.2) is 172 Å². The van der Waals surface area contributed by atoms with Gasteiger partial charge in [-0.2, -0.15) is 10.2 Å². The number of halogens is 5. The molecule has 8 rings (SSSR count). The van der Waals surface area contributed by atoms with Crippen LogP contribution in [0.25, 0.3) is 22.1 Å². The molecule has 448 valence electrons. The number of nitrogens with zero attached hydrogens (tertiary/aromatic N) is 12. The molecule has 0 radical (unpaired) electrons. The van der Waals surface area contributed by atoms with E-state index in [1.165, 1.54) is 60.9 Å². The van der Waals surface area contributed by atoms with E-state index in [4.69, 9.17) is 41.9 Å². The van der Waals surface area contributed by atoms with Crippen LogP contribution in [0.15, 0.2) is 49.3 Å². The Morgan fingerprint density at radius 2 is 1.14 bits per heavy atom. The first kappa shape index (κ1) is 67.5. The Balaban J connectivity index is 0.000000294. The van der Waals surface area contributed by atoms with Gasteiger partial charge in [0.1, 0.15) is 48.9 Å². The highest BCUT2D eigenvalue weighted by atomic mass is 35.5. The van der Waals surface area contributed by atoms with Gasteiger partial charge in [0.25, 0.3) is 12.9 Å². The van der Waals surface area contributed by atoms with E-state index in [1.807, 2.05) is 11.9 Å². The van der Waals surface area contributed by atoms with Crippen molar-refractivity contribution in [2.24, 2.45) is 19.8 Å². The predicted octanol–water partition coefficient (Wildman–Crippen LogP) is 8.46. The van der Waals surface area contributed by atoms with Gasteiger partial charge >= 0.3 is 11.9 Å². The lowest BCUT2D eigenvalue weighted by molar-refractivity contribution is -0.139. The number of aromatic nitrogens is 10. The first-order chi connectivity index (χ1) is 38.1. The summed E-state index contributed by atoms with van der Waals surface area (Å²) in [6.45, 7) is 2.50. The fourth-order valence-electron chi connectivity index (χ4n) is 9.41. The number of aryl methyl sites for hydroxylation is 8. The molecule has 6 heterocycles. The Hall–Kier alpha value is -6.05. The summed E-state index contributed by atoms with van der Waals surface area (Å²) >= 11 is 5.77. The molecule has 20 nitrogen and oxygen atoms in total. The van der Waals surface area contributed by atoms with Crippen LogP contribution in [-0.2, 0) is 71.7 Å². The number of nitrogens with two attached hydrogens (primary N) is 1. The van der Waals surface area contributed by atoms with Gasteiger partial charge in [-0.25, -0.2) is 42.3 Å². The lowest BCUT2D eigenvalue weighted by Crippen LogP contribution is -2.37. The summed E-state index contributed by atoms with van der Waals surface area (Å²) in [6, 6.07) is 6.84. The minimum Gasteiger partial charge on any atom is -0.480 e. The maximum Gasteiger partial charge on any atom is 0.326 e. The van der Waals surface area contributed by atoms with Crippen LogP contribution in [0.2, 0.25) is 5.15 Å². The van der Waals surface area contributed by atoms with Gasteiger partial charge in [-0.15, -0.1) is 0 Å². The smallest absolute Gasteiger partial charge is 0.326 e. The number of unbranched alkanes of at least 4 members (excludes halogenated alkanes) is 2. The van der Waals surface area contributed by atoms with E-state index in [2.05, 4.69) is 64.6 Å². The number of carbonyl (C=O) groups is 2. The molecule has 0 amide bonds. The summed E-state index contributed by atoms with van der Waals surface area (Å²) in [5.74, 6) is -1.62. The molecule has 5 N–H and O–H groups in total. The zero-order valence-corrected chi connectivity index (χ0v) is 45.9. The number of anilines is 1. The molecule has 81 heavy (non-hydrogen) atoms. The number of carboxylic acid groups (broad SMARTS) is 2. The number of pyridine rings is 2. The Morgan fingerprint density at radius 1 is 0.654 bits per heavy atom. The van der Waals surface area contributed by atoms with Crippen LogP contribution in [0, 0.1) is 0 Å². The topological polar surface area (TPSA) is 251 Å². The highest BCUT2D eigenvalue weighted by molar-refractivity contribution is 6.33. The van der Waals surface area contributed by atoms with E-state index in [1.54, 1.807) is 28.8 Å². The maximum atomic E-state index is 12.5. The standard InChI is InChI=1S/C27H37F2N7O3.C21H33F2N3O3.C6H5ClN4.2CH4/c1-35-26-21(16-32-35)25(30-18-31-26)34-23(27(37)38)11-13-36(14-15-39-17-24(28)29)12-5-4-7-20-10-9-19-6-2-3-8-22(19)33-20;22-20(23)15-29-14-13-26(12-10-18(24)21(27)28)11-4-3-6-17-9-8-16-5-1-2-7-19(16)25-17;1-11-6-4(2-10-11)5(7)8-3-9-6;;/h9-10,16,18,23-24H,2-8,11-15,17H2,1H3,(H,37,38)(H,30,31,34);8-9,18,20H,1-7,10-15,24H2,(H,27,28);2-3H,1H3;2*1H4/t23-;18-;;;/m00.../s1. The number of carboxylic acids is 2. The second-order valence-corrected chi connectivity index (χ2v) is 20.1. The molecule has 6 aromatic heterocycles. The molecule has 0 bridgehead atoms. The minimum absolute atomic E-state index is 0. The SMILES string of the molecule is C.C.Cn1ncc2c(Cl)ncnc21.Cn1ncc2c(N[C@@H](CCN(CCCCc3ccc4c(n3)CCCC4)CCOCC(F)F)C(=O)O)ncnc21.N[C@@H](CCN(CCCCc1ccc2c(n1)CCCC2)CCOCC(F)F)C(=O)O. The molecule has 2 atom stereocenters. The van der Waals surface area contributed by atoms with Crippen LogP contribution >= 0.6 is 11.6 Å². The molecular weight excluding hydrogens is 1080 g/mol. The summed E-state index contributed by atoms with van der Waals surface area (Å²) < 4.78 is 62.7. The molecule has 25 heteroatoms. The van der Waals surface area contributed by atoms with Crippen molar-refractivity contribution in [3.05, 3.63) is 88.4 Å². The zero-order valence-electron chi connectivity index (χ0n) is 45.2. The number of aliphatic carboxylic acids is 2. The van der Waals surface area contributed by atoms with Crippen molar-refractivity contribution < 1.29 is 46.8 Å². The third kappa shape index (κ3) is 22.7. The third-order valence-corrected chi connectivity index (χ3v) is 14.1. The molecule has 0 spiro atoms. The van der Waals surface area contributed by atoms with Crippen LogP contribution < -0.4 is 11.1 Å². The number of rotatable bonds is 30. The summed E-state index contributed by atoms with van der Waals surface area (Å²) in [5, 5.41) is 31.8. The van der Waals surface area contributed by atoms with Gasteiger partial charge in [0.2, 0.25) is 0 Å². The summed E-state index contributed by atoms with van der Waals surface area (Å²) in [5.41, 5.74) is 14.4. The van der Waals surface area contributed by atoms with Crippen molar-refractivity contribution >= 4 is 51.4 Å². The molecule has 2 aliphatic carbocycles. The third-order valence-electron chi connectivity index (χ3n) is 13.8. The van der Waals surface area contributed by atoms with E-state index in [-0.39, 0.29) is 28.1 Å². The van der Waals surface area contributed by atoms with Crippen LogP contribution in [0.5, 0.6) is 0 Å². The van der Waals surface area contributed by atoms with Crippen LogP contribution in [0.1, 0.15) is 113 Å². The molecular formula is C56H83ClF4N14O6. The number of ether oxygens (including phenoxy) is 2. The molecule has 0 unspecified atom stereocenters. The first-order valence-corrected chi connectivity index (χ1v) is 27.5. The maximum absolute atomic E-state index is 12.5. The lowest BCUT2D eigenvalue weighted by atomic mass is 9.95. The summed E-state index contributed by atoms with van der Waals surface area (Å²) in [4.78, 5) is 53.0. The molecule has 0 aliphatic heterocycles. The van der Waals surface area contributed by atoms with Gasteiger partial charge in [0.15, 0.2) is 11.3 Å². The van der Waals surface area contributed by atoms with Gasteiger partial charge < -0.3 is 40.5 Å². The average molecular weight is 1160 g/mol. The summed E-state index contributed by atoms with van der Waals surface area (Å²) in [6.07, 6.45) is 16.4. The van der Waals surface area contributed by atoms with E-state index >= 15 is 0 Å². The highest BCUT2D eigenvalue weighted by Gasteiger charge is 2.22. The second kappa shape index (κ2) is 35.7. The van der Waals surface area contributed by atoms with Gasteiger partial charge in [0.05, 0.1) is 36.4 Å². The second-order valence-electron chi connectivity index (χ2n) is 19.7. The van der Waals surface area contributed by atoms with Crippen molar-refractivity contribution in [3.63, 3.8) is 0 Å². The van der Waals surface area contributed by atoms with Crippen molar-refractivity contribution in [1.82, 2.24) is 59.3 Å². The van der Waals surface area contributed by atoms with E-state index in [9.17, 15) is 32.3 Å². The minimum atomic E-state index is -2.51. The highest BCUT2D eigenvalue weighted by Crippen LogP contribution is 2.23. The van der Waals surface area contributed by atoms with Gasteiger partial charge in [-0.05, 0) is 139 Å². The van der Waals surface area contributed by atoms with Crippen molar-refractivity contribution in [2.75, 3.05) is 71.0 Å². The van der Waals surface area contributed by atoms with Gasteiger partial charge in [-0.1, -0.05) is 38.6 Å². The zero-order chi connectivity index (χ0) is 56.5. The molecule has 0 saturated heterocycles. The Labute approximate surface area is 477 Å². The van der Waals surface area contributed by atoms with E-state index in [0.717, 1.165) is 93.2 Å². The van der Waals surface area contributed by atoms with Crippen LogP contribution in [0.4, 0.5) is 23.4 Å². The molecule has 0 aromatic carbocycles. The predicted molar refractivity (Wildman–Crippen MR) is 305 cm³/mol. The van der Waals surface area contributed by atoms with Gasteiger partial charge in [-0.3, -0.25) is 24.1 Å². The van der Waals surface area contributed by atoms with Gasteiger partial charge in [0, 0.05) is 63.1 Å². The van der Waals surface area contributed by atoms with Crippen molar-refractivity contribution in [2.45, 2.75) is 143 Å². The van der Waals surface area contributed by atoms with Crippen LogP contribution in [0.3, 0.4) is 0 Å². The molecule has 2 aliphatic rings. The first-order valence-electron chi connectivity index (χ1n) is 27.2. The van der Waals surface area contributed by atoms with E-state index < -0.39 is 50.1 Å². The number of hydrogen-bond donors (Lipinski definition) is 4. The Kier molecular flexibility index (Phi) is 29.8. The number of alkyl halides is 4. The summed E-state index contributed by atoms with van der Waals surface area (Å²) in [7, 11) is 3.56. The lowest BCUT2D eigenvalue weighted by Gasteiger charge is -2.24. The van der Waals surface area contributed by atoms with Crippen molar-refractivity contribution in [1.29, 1.82) is 0 Å². The number of hydrogen-bond acceptors (Lipinski definition) is 16. The average Bonchev–Trinajstić information content (AvgIpc) is 4.04. The Morgan fingerprint density at radius 3 is 1.63 bits per heavy atom. The number of nitrogens with one attached hydrogen (secondary N) is 1. The monoisotopic (exact) mass is 1160 g/mol. The van der Waals surface area contributed by atoms with Crippen molar-refractivity contribution in [3.8, 4) is 0 Å². The molecule has 6 aromatic rings. The quantitative estimate of drug-likeness (QED) is 0.0187. The Bertz CT molecular complexity index is 2810. The molecule has 0 fully saturated rings. The fraction of sp³-hybridized carbons (Fsp3) is 0.607. The molecule has 0 saturated carbocycles. The van der Waals surface area contributed by atoms with E-state index in [0.29, 0.717) is 67.6 Å². The largest absolute Gasteiger partial charge is 0.480 e. The normalized spacial score (nSPS) is 13.6. The fourth-order valence-corrected chi connectivity index (χ4v) is 9.59.